The molecule has 0 fully saturated rings. The summed E-state index contributed by atoms with van der Waals surface area (Å²) < 4.78 is 37.3. The number of hydrogen-bond donors (Lipinski definition) is 3. The van der Waals surface area contributed by atoms with E-state index in [9.17, 15) is 44.1 Å². The number of phenols is 3. The van der Waals surface area contributed by atoms with Gasteiger partial charge < -0.3 is 43.7 Å². The van der Waals surface area contributed by atoms with Crippen molar-refractivity contribution in [2.24, 2.45) is 0 Å². The SMILES string of the molecule is CCCOC(=O)CCSCCC(=O)OC(Cn1c(=O)n(CC(OC(=O)CCSCCC(=O)OCCC)c2cc(C(C)(C)C)c(O)c(C(C)(C)C)c2)c(=O)n(CC(OC(=O)CCSCCC(=O)OCCC)c2cc(C(C)(C)C)c(O)c(C(C)(C)C)c2)c1=O)c1cc(C(C)(C)C)c(O)c(C(C)(C)C)c1. The number of carbonyl (C=O) groups is 6. The minimum absolute atomic E-state index is 0.0136. The molecule has 4 rings (SSSR count). The molecule has 0 radical (unpaired) electrons. The largest absolute Gasteiger partial charge is 0.507 e. The van der Waals surface area contributed by atoms with Crippen molar-refractivity contribution in [1.29, 1.82) is 0 Å². The van der Waals surface area contributed by atoms with E-state index in [4.69, 9.17) is 28.4 Å². The first kappa shape index (κ1) is 87.7. The highest BCUT2D eigenvalue weighted by atomic mass is 32.2. The number of nitrogens with zero attached hydrogens (tertiary/aromatic N) is 3. The Balaban J connectivity index is 2.20. The van der Waals surface area contributed by atoms with Gasteiger partial charge in [0.25, 0.3) is 0 Å². The molecule has 24 heteroatoms. The van der Waals surface area contributed by atoms with Crippen LogP contribution in [0, 0.1) is 0 Å². The van der Waals surface area contributed by atoms with Crippen LogP contribution >= 0.6 is 35.3 Å². The number of phenolic OH excluding ortho intramolecular Hbond substituents is 3. The molecule has 0 spiro atoms. The lowest BCUT2D eigenvalue weighted by Gasteiger charge is -2.31. The smallest absolute Gasteiger partial charge is 0.336 e. The first-order valence-corrected chi connectivity index (χ1v) is 39.1. The lowest BCUT2D eigenvalue weighted by atomic mass is 9.78. The van der Waals surface area contributed by atoms with Crippen LogP contribution in [0.2, 0.25) is 0 Å². The zero-order valence-corrected chi connectivity index (χ0v) is 67.0. The third-order valence-electron chi connectivity index (χ3n) is 16.7. The Morgan fingerprint density at radius 3 is 0.676 bits per heavy atom. The highest BCUT2D eigenvalue weighted by Crippen LogP contribution is 2.45. The Morgan fingerprint density at radius 2 is 0.510 bits per heavy atom. The lowest BCUT2D eigenvalue weighted by Crippen LogP contribution is -2.56. The second-order valence-electron chi connectivity index (χ2n) is 32.0. The van der Waals surface area contributed by atoms with E-state index >= 15 is 14.4 Å². The first-order valence-electron chi connectivity index (χ1n) is 35.6. The van der Waals surface area contributed by atoms with Crippen LogP contribution in [0.3, 0.4) is 0 Å². The molecule has 4 aromatic rings. The van der Waals surface area contributed by atoms with Crippen molar-refractivity contribution in [2.75, 3.05) is 54.3 Å². The van der Waals surface area contributed by atoms with Gasteiger partial charge in [-0.25, -0.2) is 28.1 Å². The van der Waals surface area contributed by atoms with Gasteiger partial charge >= 0.3 is 52.9 Å². The van der Waals surface area contributed by atoms with Crippen molar-refractivity contribution in [1.82, 2.24) is 13.7 Å². The molecule has 0 amide bonds. The summed E-state index contributed by atoms with van der Waals surface area (Å²) in [5.74, 6) is -1.78. The second kappa shape index (κ2) is 38.4. The van der Waals surface area contributed by atoms with Gasteiger partial charge in [-0.1, -0.05) is 145 Å². The van der Waals surface area contributed by atoms with Crippen LogP contribution in [-0.4, -0.2) is 119 Å². The van der Waals surface area contributed by atoms with Crippen LogP contribution < -0.4 is 17.1 Å². The van der Waals surface area contributed by atoms with Gasteiger partial charge in [-0.05, 0) is 138 Å². The van der Waals surface area contributed by atoms with Crippen LogP contribution in [-0.2, 0) is 109 Å². The molecular formula is C78H117N3O18S3. The van der Waals surface area contributed by atoms with Gasteiger partial charge in [0.15, 0.2) is 0 Å². The molecule has 102 heavy (non-hydrogen) atoms. The molecule has 3 aromatic carbocycles. The predicted octanol–water partition coefficient (Wildman–Crippen LogP) is 14.3. The minimum Gasteiger partial charge on any atom is -0.507 e. The highest BCUT2D eigenvalue weighted by Gasteiger charge is 2.36. The van der Waals surface area contributed by atoms with Gasteiger partial charge in [-0.2, -0.15) is 35.3 Å². The third-order valence-corrected chi connectivity index (χ3v) is 19.7. The summed E-state index contributed by atoms with van der Waals surface area (Å²) in [7, 11) is 0. The summed E-state index contributed by atoms with van der Waals surface area (Å²) in [5.41, 5.74) is -4.45. The van der Waals surface area contributed by atoms with E-state index in [2.05, 4.69) is 0 Å². The van der Waals surface area contributed by atoms with Gasteiger partial charge in [0.1, 0.15) is 35.6 Å². The molecule has 0 aliphatic carbocycles. The molecule has 0 saturated heterocycles. The number of rotatable bonds is 36. The lowest BCUT2D eigenvalue weighted by molar-refractivity contribution is -0.150. The number of aromatic hydroxyl groups is 3. The summed E-state index contributed by atoms with van der Waals surface area (Å²) in [6, 6.07) is 9.95. The average Bonchev–Trinajstić information content (AvgIpc) is 0.768. The van der Waals surface area contributed by atoms with Gasteiger partial charge in [0, 0.05) is 34.5 Å². The van der Waals surface area contributed by atoms with Crippen molar-refractivity contribution in [3.8, 4) is 17.2 Å². The molecule has 1 heterocycles. The van der Waals surface area contributed by atoms with E-state index < -0.39 is 105 Å². The van der Waals surface area contributed by atoms with E-state index in [-0.39, 0.29) is 127 Å². The number of hydrogen-bond acceptors (Lipinski definition) is 21. The summed E-state index contributed by atoms with van der Waals surface area (Å²) in [6.07, 6.45) is -2.78. The molecule has 3 atom stereocenters. The summed E-state index contributed by atoms with van der Waals surface area (Å²) in [6.45, 7) is 38.3. The summed E-state index contributed by atoms with van der Waals surface area (Å²) >= 11 is 3.97. The fourth-order valence-corrected chi connectivity index (χ4v) is 13.5. The van der Waals surface area contributed by atoms with Gasteiger partial charge in [0.05, 0.1) is 78.0 Å². The van der Waals surface area contributed by atoms with Crippen LogP contribution in [0.1, 0.15) is 272 Å². The molecule has 570 valence electrons. The van der Waals surface area contributed by atoms with Crippen LogP contribution in [0.5, 0.6) is 17.2 Å². The molecule has 0 aliphatic rings. The minimum atomic E-state index is -1.50. The van der Waals surface area contributed by atoms with Crippen molar-refractivity contribution in [2.45, 2.75) is 274 Å². The maximum Gasteiger partial charge on any atom is 0.336 e. The Kier molecular flexibility index (Phi) is 33.0. The average molecular weight is 1480 g/mol. The Labute approximate surface area is 617 Å². The fraction of sp³-hybridized carbons (Fsp3) is 0.654. The summed E-state index contributed by atoms with van der Waals surface area (Å²) in [5, 5.41) is 36.1. The molecule has 0 aliphatic heterocycles. The molecule has 1 aromatic heterocycles. The number of benzene rings is 3. The maximum absolute atomic E-state index is 16.1. The molecule has 3 N–H and O–H groups in total. The molecule has 0 bridgehead atoms. The van der Waals surface area contributed by atoms with Crippen molar-refractivity contribution in [3.05, 3.63) is 118 Å². The second-order valence-corrected chi connectivity index (χ2v) is 35.7. The monoisotopic (exact) mass is 1480 g/mol. The number of thioether (sulfide) groups is 3. The standard InChI is InChI=1S/C78H117N3O18S3/c1-22-31-94-61(82)25-34-100-37-28-64(85)97-58(49-40-52(73(4,5)6)67(88)53(41-49)74(7,8)9)46-79-70(91)80(47-59(98-65(86)29-38-101-35-26-62(83)95-32-23-2)50-42-54(75(10,11)12)68(89)55(43-50)76(13,14)15)72(93)81(71(79)92)48-60(99-66(87)30-39-102-36-27-63(84)96-33-24-3)51-44-56(77(16,17)18)69(90)57(45-51)78(19,20)21/h40-45,58-60,88-90H,22-39,46-48H2,1-21H3. The van der Waals surface area contributed by atoms with Crippen molar-refractivity contribution < 1.29 is 72.5 Å². The van der Waals surface area contributed by atoms with Crippen LogP contribution in [0.15, 0.2) is 50.8 Å². The van der Waals surface area contributed by atoms with Crippen molar-refractivity contribution >= 4 is 71.1 Å². The first-order chi connectivity index (χ1) is 47.3. The normalized spacial score (nSPS) is 13.3. The van der Waals surface area contributed by atoms with E-state index in [1.807, 2.05) is 145 Å². The van der Waals surface area contributed by atoms with Gasteiger partial charge in [-0.3, -0.25) is 28.8 Å². The van der Waals surface area contributed by atoms with Gasteiger partial charge in [-0.15, -0.1) is 0 Å². The van der Waals surface area contributed by atoms with Crippen LogP contribution in [0.4, 0.5) is 0 Å². The Hall–Kier alpha value is -6.66. The van der Waals surface area contributed by atoms with Gasteiger partial charge in [0.2, 0.25) is 0 Å². The highest BCUT2D eigenvalue weighted by molar-refractivity contribution is 7.99. The molecule has 3 unspecified atom stereocenters. The molecular weight excluding hydrogens is 1360 g/mol. The zero-order valence-electron chi connectivity index (χ0n) is 64.6. The Bertz CT molecular complexity index is 3200. The van der Waals surface area contributed by atoms with E-state index in [1.54, 1.807) is 36.4 Å². The number of carbonyl (C=O) groups excluding carboxylic acids is 6. The quantitative estimate of drug-likeness (QED) is 0.0217. The molecule has 21 nitrogen and oxygen atoms in total. The zero-order chi connectivity index (χ0) is 77.0. The number of aromatic nitrogens is 3. The third kappa shape index (κ3) is 26.5. The summed E-state index contributed by atoms with van der Waals surface area (Å²) in [4.78, 5) is 129. The van der Waals surface area contributed by atoms with E-state index in [0.717, 1.165) is 13.7 Å². The van der Waals surface area contributed by atoms with E-state index in [1.165, 1.54) is 35.3 Å². The van der Waals surface area contributed by atoms with E-state index in [0.29, 0.717) is 69.9 Å². The van der Waals surface area contributed by atoms with Crippen LogP contribution in [0.25, 0.3) is 0 Å². The Morgan fingerprint density at radius 1 is 0.333 bits per heavy atom. The number of esters is 6. The molecule has 0 saturated carbocycles. The van der Waals surface area contributed by atoms with Crippen molar-refractivity contribution in [3.63, 3.8) is 0 Å². The maximum atomic E-state index is 16.1. The number of ether oxygens (including phenoxy) is 6. The fourth-order valence-electron chi connectivity index (χ4n) is 11.0. The predicted molar refractivity (Wildman–Crippen MR) is 406 cm³/mol. The topological polar surface area (TPSA) is 284 Å².